The molecule has 28 heavy (non-hydrogen) atoms. The minimum absolute atomic E-state index is 0.179. The number of benzene rings is 3. The molecule has 3 aromatic carbocycles. The van der Waals surface area contributed by atoms with Gasteiger partial charge in [0, 0.05) is 26.1 Å². The molecule has 3 N–H and O–H groups in total. The number of halogens is 1. The van der Waals surface area contributed by atoms with E-state index in [0.717, 1.165) is 3.57 Å². The van der Waals surface area contributed by atoms with Crippen molar-refractivity contribution < 1.29 is 9.59 Å². The molecule has 0 saturated heterocycles. The lowest BCUT2D eigenvalue weighted by molar-refractivity contribution is 0.0976. The van der Waals surface area contributed by atoms with E-state index in [0.29, 0.717) is 22.5 Å². The summed E-state index contributed by atoms with van der Waals surface area (Å²) in [7, 11) is 0. The van der Waals surface area contributed by atoms with Crippen LogP contribution in [0.5, 0.6) is 0 Å². The van der Waals surface area contributed by atoms with Crippen LogP contribution in [0.2, 0.25) is 0 Å². The van der Waals surface area contributed by atoms with Crippen molar-refractivity contribution in [1.29, 1.82) is 0 Å². The highest BCUT2D eigenvalue weighted by Crippen LogP contribution is 2.15. The van der Waals surface area contributed by atoms with E-state index in [1.165, 1.54) is 0 Å². The van der Waals surface area contributed by atoms with E-state index >= 15 is 0 Å². The molecule has 7 heteroatoms. The van der Waals surface area contributed by atoms with Gasteiger partial charge in [0.1, 0.15) is 0 Å². The highest BCUT2D eigenvalue weighted by atomic mass is 127. The molecule has 0 aromatic heterocycles. The van der Waals surface area contributed by atoms with E-state index in [-0.39, 0.29) is 16.9 Å². The molecule has 0 spiro atoms. The van der Waals surface area contributed by atoms with Gasteiger partial charge in [-0.15, -0.1) is 0 Å². The van der Waals surface area contributed by atoms with Crippen LogP contribution >= 0.6 is 34.8 Å². The number of amides is 2. The lowest BCUT2D eigenvalue weighted by Crippen LogP contribution is -2.34. The smallest absolute Gasteiger partial charge is 0.257 e. The van der Waals surface area contributed by atoms with Crippen molar-refractivity contribution in [1.82, 2.24) is 5.32 Å². The van der Waals surface area contributed by atoms with Crippen LogP contribution in [0.4, 0.5) is 11.4 Å². The van der Waals surface area contributed by atoms with Crippen LogP contribution in [0.1, 0.15) is 20.7 Å². The molecule has 3 rings (SSSR count). The van der Waals surface area contributed by atoms with E-state index < -0.39 is 0 Å². The normalized spacial score (nSPS) is 10.0. The Morgan fingerprint density at radius 3 is 1.96 bits per heavy atom. The molecule has 0 aliphatic heterocycles. The van der Waals surface area contributed by atoms with Gasteiger partial charge in [-0.1, -0.05) is 24.3 Å². The molecule has 0 fully saturated rings. The SMILES string of the molecule is O=C(NC(=S)Nc1ccc(NC(=O)c2ccccc2)cc1)c1cccc(I)c1. The number of nitrogens with one attached hydrogen (secondary N) is 3. The molecule has 0 heterocycles. The Bertz CT molecular complexity index is 1010. The standard InChI is InChI=1S/C21H16IN3O2S/c22-16-8-4-7-15(13-16)20(27)25-21(28)24-18-11-9-17(10-12-18)23-19(26)14-5-2-1-3-6-14/h1-13H,(H,23,26)(H2,24,25,27,28). The molecule has 0 radical (unpaired) electrons. The Morgan fingerprint density at radius 1 is 0.714 bits per heavy atom. The molecular weight excluding hydrogens is 485 g/mol. The monoisotopic (exact) mass is 501 g/mol. The van der Waals surface area contributed by atoms with Gasteiger partial charge in [-0.3, -0.25) is 14.9 Å². The first kappa shape index (κ1) is 20.0. The third-order valence-corrected chi connectivity index (χ3v) is 4.63. The van der Waals surface area contributed by atoms with Crippen LogP contribution in [0.25, 0.3) is 0 Å². The fourth-order valence-electron chi connectivity index (χ4n) is 2.40. The minimum atomic E-state index is -0.275. The molecule has 0 bridgehead atoms. The van der Waals surface area contributed by atoms with Gasteiger partial charge in [-0.2, -0.15) is 0 Å². The van der Waals surface area contributed by atoms with E-state index in [1.54, 1.807) is 48.5 Å². The van der Waals surface area contributed by atoms with Crippen LogP contribution < -0.4 is 16.0 Å². The summed E-state index contributed by atoms with van der Waals surface area (Å²) in [5, 5.41) is 8.63. The fraction of sp³-hybridized carbons (Fsp3) is 0. The third kappa shape index (κ3) is 5.61. The maximum Gasteiger partial charge on any atom is 0.257 e. The second kappa shape index (κ2) is 9.43. The Kier molecular flexibility index (Phi) is 6.72. The number of carbonyl (C=O) groups is 2. The molecule has 3 aromatic rings. The van der Waals surface area contributed by atoms with Crippen molar-refractivity contribution in [3.63, 3.8) is 0 Å². The van der Waals surface area contributed by atoms with Gasteiger partial charge in [0.15, 0.2) is 5.11 Å². The Morgan fingerprint density at radius 2 is 1.32 bits per heavy atom. The largest absolute Gasteiger partial charge is 0.332 e. The third-order valence-electron chi connectivity index (χ3n) is 3.75. The van der Waals surface area contributed by atoms with Crippen LogP contribution in [-0.4, -0.2) is 16.9 Å². The molecule has 0 saturated carbocycles. The van der Waals surface area contributed by atoms with Crippen molar-refractivity contribution >= 4 is 63.1 Å². The van der Waals surface area contributed by atoms with Gasteiger partial charge in [0.25, 0.3) is 11.8 Å². The summed E-state index contributed by atoms with van der Waals surface area (Å²) in [5.74, 6) is -0.454. The second-order valence-electron chi connectivity index (χ2n) is 5.82. The lowest BCUT2D eigenvalue weighted by atomic mass is 10.2. The number of hydrogen-bond donors (Lipinski definition) is 3. The predicted octanol–water partition coefficient (Wildman–Crippen LogP) is 4.67. The molecule has 0 aliphatic carbocycles. The van der Waals surface area contributed by atoms with Crippen molar-refractivity contribution in [2.75, 3.05) is 10.6 Å². The number of thiocarbonyl (C=S) groups is 1. The van der Waals surface area contributed by atoms with Crippen LogP contribution in [-0.2, 0) is 0 Å². The topological polar surface area (TPSA) is 70.2 Å². The van der Waals surface area contributed by atoms with Gasteiger partial charge in [-0.25, -0.2) is 0 Å². The average Bonchev–Trinajstić information content (AvgIpc) is 2.70. The number of carbonyl (C=O) groups excluding carboxylic acids is 2. The van der Waals surface area contributed by atoms with Crippen molar-refractivity contribution in [2.24, 2.45) is 0 Å². The maximum absolute atomic E-state index is 12.2. The Hall–Kier alpha value is -2.78. The quantitative estimate of drug-likeness (QED) is 0.359. The zero-order valence-electron chi connectivity index (χ0n) is 14.6. The molecule has 5 nitrogen and oxygen atoms in total. The van der Waals surface area contributed by atoms with E-state index in [2.05, 4.69) is 38.5 Å². The summed E-state index contributed by atoms with van der Waals surface area (Å²) in [5.41, 5.74) is 2.48. The highest BCUT2D eigenvalue weighted by Gasteiger charge is 2.09. The van der Waals surface area contributed by atoms with Gasteiger partial charge in [0.05, 0.1) is 0 Å². The Labute approximate surface area is 181 Å². The van der Waals surface area contributed by atoms with Gasteiger partial charge in [-0.05, 0) is 89.4 Å². The summed E-state index contributed by atoms with van der Waals surface area (Å²) in [6, 6.07) is 23.3. The van der Waals surface area contributed by atoms with Crippen molar-refractivity contribution in [3.05, 3.63) is 93.6 Å². The number of anilines is 2. The molecule has 0 aliphatic rings. The summed E-state index contributed by atoms with van der Waals surface area (Å²) < 4.78 is 0.970. The summed E-state index contributed by atoms with van der Waals surface area (Å²) in [6.07, 6.45) is 0. The predicted molar refractivity (Wildman–Crippen MR) is 124 cm³/mol. The molecule has 140 valence electrons. The summed E-state index contributed by atoms with van der Waals surface area (Å²) >= 11 is 7.34. The van der Waals surface area contributed by atoms with Gasteiger partial charge >= 0.3 is 0 Å². The maximum atomic E-state index is 12.2. The summed E-state index contributed by atoms with van der Waals surface area (Å²) in [6.45, 7) is 0. The zero-order valence-corrected chi connectivity index (χ0v) is 17.6. The molecule has 0 atom stereocenters. The highest BCUT2D eigenvalue weighted by molar-refractivity contribution is 14.1. The first-order chi connectivity index (χ1) is 13.5. The van der Waals surface area contributed by atoms with Crippen molar-refractivity contribution in [2.45, 2.75) is 0 Å². The summed E-state index contributed by atoms with van der Waals surface area (Å²) in [4.78, 5) is 24.4. The van der Waals surface area contributed by atoms with Crippen LogP contribution in [0.15, 0.2) is 78.9 Å². The number of rotatable bonds is 4. The zero-order chi connectivity index (χ0) is 19.9. The van der Waals surface area contributed by atoms with Gasteiger partial charge in [0.2, 0.25) is 0 Å². The fourth-order valence-corrected chi connectivity index (χ4v) is 3.15. The van der Waals surface area contributed by atoms with E-state index in [1.807, 2.05) is 30.3 Å². The first-order valence-electron chi connectivity index (χ1n) is 8.35. The minimum Gasteiger partial charge on any atom is -0.332 e. The Balaban J connectivity index is 1.55. The van der Waals surface area contributed by atoms with Crippen LogP contribution in [0, 0.1) is 3.57 Å². The number of hydrogen-bond acceptors (Lipinski definition) is 3. The van der Waals surface area contributed by atoms with E-state index in [4.69, 9.17) is 12.2 Å². The molecular formula is C21H16IN3O2S. The van der Waals surface area contributed by atoms with Crippen molar-refractivity contribution in [3.8, 4) is 0 Å². The first-order valence-corrected chi connectivity index (χ1v) is 9.84. The average molecular weight is 501 g/mol. The van der Waals surface area contributed by atoms with Crippen LogP contribution in [0.3, 0.4) is 0 Å². The second-order valence-corrected chi connectivity index (χ2v) is 7.47. The molecule has 2 amide bonds. The van der Waals surface area contributed by atoms with Gasteiger partial charge < -0.3 is 10.6 Å². The lowest BCUT2D eigenvalue weighted by Gasteiger charge is -2.11. The molecule has 0 unspecified atom stereocenters. The van der Waals surface area contributed by atoms with E-state index in [9.17, 15) is 9.59 Å².